The molecule has 0 atom stereocenters. The number of rotatable bonds is 6. The lowest BCUT2D eigenvalue weighted by atomic mass is 9.79. The van der Waals surface area contributed by atoms with Crippen LogP contribution in [0.2, 0.25) is 0 Å². The fourth-order valence-electron chi connectivity index (χ4n) is 2.52. The van der Waals surface area contributed by atoms with Crippen molar-refractivity contribution in [3.63, 3.8) is 0 Å². The summed E-state index contributed by atoms with van der Waals surface area (Å²) in [4.78, 5) is 13.9. The largest absolute Gasteiger partial charge is 0.383 e. The molecule has 1 amide bonds. The van der Waals surface area contributed by atoms with Crippen molar-refractivity contribution in [1.29, 1.82) is 0 Å². The number of nitrogens with one attached hydrogen (secondary N) is 1. The summed E-state index contributed by atoms with van der Waals surface area (Å²) in [5.41, 5.74) is 0.0384. The number of carbonyl (C=O) groups excluding carboxylic acids is 1. The predicted octanol–water partition coefficient (Wildman–Crippen LogP) is 1.40. The Kier molecular flexibility index (Phi) is 5.92. The first kappa shape index (κ1) is 14.5. The van der Waals surface area contributed by atoms with Crippen molar-refractivity contribution >= 4 is 5.91 Å². The van der Waals surface area contributed by atoms with E-state index in [4.69, 9.17) is 4.74 Å². The summed E-state index contributed by atoms with van der Waals surface area (Å²) < 4.78 is 4.99. The Labute approximate surface area is 105 Å². The van der Waals surface area contributed by atoms with Crippen molar-refractivity contribution in [2.75, 3.05) is 34.4 Å². The van der Waals surface area contributed by atoms with Crippen LogP contribution in [0.4, 0.5) is 0 Å². The zero-order valence-electron chi connectivity index (χ0n) is 11.4. The summed E-state index contributed by atoms with van der Waals surface area (Å²) in [7, 11) is 5.50. The van der Waals surface area contributed by atoms with E-state index in [2.05, 4.69) is 5.32 Å². The summed E-state index contributed by atoms with van der Waals surface area (Å²) in [6.07, 6.45) is 6.62. The third kappa shape index (κ3) is 4.28. The van der Waals surface area contributed by atoms with E-state index < -0.39 is 0 Å². The summed E-state index contributed by atoms with van der Waals surface area (Å²) in [5, 5.41) is 3.38. The van der Waals surface area contributed by atoms with Gasteiger partial charge in [-0.3, -0.25) is 4.79 Å². The molecule has 0 unspecified atom stereocenters. The van der Waals surface area contributed by atoms with Crippen molar-refractivity contribution in [2.24, 2.45) is 0 Å². The van der Waals surface area contributed by atoms with E-state index in [1.165, 1.54) is 19.3 Å². The van der Waals surface area contributed by atoms with Gasteiger partial charge < -0.3 is 15.0 Å². The van der Waals surface area contributed by atoms with E-state index in [9.17, 15) is 4.79 Å². The molecule has 17 heavy (non-hydrogen) atoms. The van der Waals surface area contributed by atoms with Crippen molar-refractivity contribution in [1.82, 2.24) is 10.2 Å². The lowest BCUT2D eigenvalue weighted by Crippen LogP contribution is -2.48. The number of carbonyl (C=O) groups is 1. The standard InChI is InChI=1S/C13H26N2O2/c1-14-13(7-5-4-6-8-13)11-12(16)15(2)9-10-17-3/h14H,4-11H2,1-3H3. The fourth-order valence-corrected chi connectivity index (χ4v) is 2.52. The molecule has 0 aromatic rings. The van der Waals surface area contributed by atoms with Crippen LogP contribution in [0, 0.1) is 0 Å². The van der Waals surface area contributed by atoms with Gasteiger partial charge in [-0.25, -0.2) is 0 Å². The van der Waals surface area contributed by atoms with E-state index in [1.54, 1.807) is 12.0 Å². The van der Waals surface area contributed by atoms with Gasteiger partial charge in [-0.05, 0) is 19.9 Å². The second-order valence-electron chi connectivity index (χ2n) is 5.08. The molecule has 1 fully saturated rings. The van der Waals surface area contributed by atoms with Crippen molar-refractivity contribution in [2.45, 2.75) is 44.1 Å². The minimum absolute atomic E-state index is 0.0384. The lowest BCUT2D eigenvalue weighted by molar-refractivity contribution is -0.132. The lowest BCUT2D eigenvalue weighted by Gasteiger charge is -2.37. The number of nitrogens with zero attached hydrogens (tertiary/aromatic N) is 1. The van der Waals surface area contributed by atoms with Crippen LogP contribution in [0.5, 0.6) is 0 Å². The molecule has 1 N–H and O–H groups in total. The van der Waals surface area contributed by atoms with Crippen LogP contribution < -0.4 is 5.32 Å². The van der Waals surface area contributed by atoms with E-state index >= 15 is 0 Å². The maximum absolute atomic E-state index is 12.1. The first-order chi connectivity index (χ1) is 8.13. The van der Waals surface area contributed by atoms with E-state index in [1.807, 2.05) is 14.1 Å². The molecular formula is C13H26N2O2. The molecule has 0 saturated heterocycles. The highest BCUT2D eigenvalue weighted by Crippen LogP contribution is 2.31. The van der Waals surface area contributed by atoms with Crippen LogP contribution in [-0.2, 0) is 9.53 Å². The van der Waals surface area contributed by atoms with Gasteiger partial charge in [-0.15, -0.1) is 0 Å². The normalized spacial score (nSPS) is 19.0. The Morgan fingerprint density at radius 3 is 2.53 bits per heavy atom. The highest BCUT2D eigenvalue weighted by atomic mass is 16.5. The third-order valence-corrected chi connectivity index (χ3v) is 3.89. The molecule has 0 aromatic heterocycles. The fraction of sp³-hybridized carbons (Fsp3) is 0.923. The average molecular weight is 242 g/mol. The second kappa shape index (κ2) is 6.97. The number of amides is 1. The Hall–Kier alpha value is -0.610. The minimum Gasteiger partial charge on any atom is -0.383 e. The number of likely N-dealkylation sites (N-methyl/N-ethyl adjacent to an activating group) is 1. The van der Waals surface area contributed by atoms with E-state index in [-0.39, 0.29) is 11.4 Å². The predicted molar refractivity (Wildman–Crippen MR) is 69.0 cm³/mol. The SMILES string of the molecule is CNC1(CC(=O)N(C)CCOC)CCCCC1. The molecule has 100 valence electrons. The van der Waals surface area contributed by atoms with Gasteiger partial charge in [0.05, 0.1) is 6.61 Å². The van der Waals surface area contributed by atoms with Gasteiger partial charge in [0.25, 0.3) is 0 Å². The zero-order valence-corrected chi connectivity index (χ0v) is 11.4. The van der Waals surface area contributed by atoms with Gasteiger partial charge in [0.2, 0.25) is 5.91 Å². The smallest absolute Gasteiger partial charge is 0.224 e. The van der Waals surface area contributed by atoms with Gasteiger partial charge in [-0.2, -0.15) is 0 Å². The third-order valence-electron chi connectivity index (χ3n) is 3.89. The summed E-state index contributed by atoms with van der Waals surface area (Å²) in [6.45, 7) is 1.28. The van der Waals surface area contributed by atoms with Crippen molar-refractivity contribution in [3.8, 4) is 0 Å². The Bertz CT molecular complexity index is 238. The highest BCUT2D eigenvalue weighted by Gasteiger charge is 2.33. The van der Waals surface area contributed by atoms with Gasteiger partial charge in [0, 0.05) is 32.7 Å². The Morgan fingerprint density at radius 1 is 1.35 bits per heavy atom. The summed E-state index contributed by atoms with van der Waals surface area (Å²) in [6, 6.07) is 0. The molecule has 0 aliphatic heterocycles. The number of ether oxygens (including phenoxy) is 1. The molecule has 4 nitrogen and oxygen atoms in total. The van der Waals surface area contributed by atoms with Crippen LogP contribution in [-0.4, -0.2) is 50.7 Å². The number of hydrogen-bond acceptors (Lipinski definition) is 3. The Balaban J connectivity index is 2.46. The number of hydrogen-bond donors (Lipinski definition) is 1. The van der Waals surface area contributed by atoms with E-state index in [0.717, 1.165) is 12.8 Å². The molecule has 0 radical (unpaired) electrons. The summed E-state index contributed by atoms with van der Waals surface area (Å²) >= 11 is 0. The molecule has 0 heterocycles. The topological polar surface area (TPSA) is 41.6 Å². The maximum Gasteiger partial charge on any atom is 0.224 e. The van der Waals surface area contributed by atoms with Gasteiger partial charge >= 0.3 is 0 Å². The first-order valence-corrected chi connectivity index (χ1v) is 6.55. The van der Waals surface area contributed by atoms with Crippen LogP contribution in [0.1, 0.15) is 38.5 Å². The van der Waals surface area contributed by atoms with Gasteiger partial charge in [0.1, 0.15) is 0 Å². The zero-order chi connectivity index (χ0) is 12.7. The Morgan fingerprint density at radius 2 is 2.00 bits per heavy atom. The first-order valence-electron chi connectivity index (χ1n) is 6.55. The van der Waals surface area contributed by atoms with Gasteiger partial charge in [0.15, 0.2) is 0 Å². The van der Waals surface area contributed by atoms with Crippen LogP contribution >= 0.6 is 0 Å². The molecular weight excluding hydrogens is 216 g/mol. The highest BCUT2D eigenvalue weighted by molar-refractivity contribution is 5.77. The molecule has 1 aliphatic carbocycles. The van der Waals surface area contributed by atoms with Crippen LogP contribution in [0.15, 0.2) is 0 Å². The molecule has 0 spiro atoms. The quantitative estimate of drug-likeness (QED) is 0.765. The van der Waals surface area contributed by atoms with E-state index in [0.29, 0.717) is 19.6 Å². The molecule has 0 bridgehead atoms. The molecule has 1 saturated carbocycles. The summed E-state index contributed by atoms with van der Waals surface area (Å²) in [5.74, 6) is 0.221. The van der Waals surface area contributed by atoms with Crippen LogP contribution in [0.3, 0.4) is 0 Å². The van der Waals surface area contributed by atoms with Crippen molar-refractivity contribution < 1.29 is 9.53 Å². The van der Waals surface area contributed by atoms with Crippen molar-refractivity contribution in [3.05, 3.63) is 0 Å². The molecule has 1 aliphatic rings. The van der Waals surface area contributed by atoms with Gasteiger partial charge in [-0.1, -0.05) is 19.3 Å². The molecule has 1 rings (SSSR count). The minimum atomic E-state index is 0.0384. The number of methoxy groups -OCH3 is 1. The second-order valence-corrected chi connectivity index (χ2v) is 5.08. The average Bonchev–Trinajstić information content (AvgIpc) is 2.36. The molecule has 4 heteroatoms. The van der Waals surface area contributed by atoms with Crippen LogP contribution in [0.25, 0.3) is 0 Å². The maximum atomic E-state index is 12.1. The molecule has 0 aromatic carbocycles. The monoisotopic (exact) mass is 242 g/mol.